The summed E-state index contributed by atoms with van der Waals surface area (Å²) in [7, 11) is 0. The largest absolute Gasteiger partial charge is 0.324 e. The SMILES string of the molecule is CCCCCCCCC(N)c1cc(C)ccc1Br. The number of aryl methyl sites for hydroxylation is 1. The second-order valence-corrected chi connectivity index (χ2v) is 6.04. The summed E-state index contributed by atoms with van der Waals surface area (Å²) in [6, 6.07) is 6.59. The van der Waals surface area contributed by atoms with Gasteiger partial charge < -0.3 is 5.73 Å². The summed E-state index contributed by atoms with van der Waals surface area (Å²) in [5.41, 5.74) is 8.81. The van der Waals surface area contributed by atoms with E-state index in [1.807, 2.05) is 0 Å². The van der Waals surface area contributed by atoms with Gasteiger partial charge in [0.1, 0.15) is 0 Å². The summed E-state index contributed by atoms with van der Waals surface area (Å²) in [5, 5.41) is 0. The van der Waals surface area contributed by atoms with Gasteiger partial charge in [0, 0.05) is 10.5 Å². The predicted octanol–water partition coefficient (Wildman–Crippen LogP) is 5.51. The molecule has 0 fully saturated rings. The first-order chi connectivity index (χ1) is 8.65. The van der Waals surface area contributed by atoms with Crippen molar-refractivity contribution in [1.29, 1.82) is 0 Å². The molecule has 18 heavy (non-hydrogen) atoms. The minimum atomic E-state index is 0.172. The highest BCUT2D eigenvalue weighted by Gasteiger charge is 2.09. The Morgan fingerprint density at radius 1 is 1.11 bits per heavy atom. The van der Waals surface area contributed by atoms with Crippen molar-refractivity contribution >= 4 is 15.9 Å². The van der Waals surface area contributed by atoms with E-state index in [1.54, 1.807) is 0 Å². The molecule has 0 aliphatic rings. The van der Waals surface area contributed by atoms with Gasteiger partial charge in [-0.05, 0) is 25.0 Å². The van der Waals surface area contributed by atoms with E-state index in [0.29, 0.717) is 0 Å². The molecule has 1 rings (SSSR count). The molecule has 0 aliphatic carbocycles. The number of benzene rings is 1. The molecule has 1 atom stereocenters. The Bertz CT molecular complexity index is 349. The highest BCUT2D eigenvalue weighted by molar-refractivity contribution is 9.10. The van der Waals surface area contributed by atoms with E-state index >= 15 is 0 Å². The molecule has 0 heterocycles. The monoisotopic (exact) mass is 311 g/mol. The Labute approximate surface area is 120 Å². The molecule has 0 spiro atoms. The van der Waals surface area contributed by atoms with Crippen LogP contribution < -0.4 is 5.73 Å². The number of rotatable bonds is 8. The summed E-state index contributed by atoms with van der Waals surface area (Å²) >= 11 is 3.59. The van der Waals surface area contributed by atoms with E-state index in [1.165, 1.54) is 49.7 Å². The minimum absolute atomic E-state index is 0.172. The van der Waals surface area contributed by atoms with E-state index in [-0.39, 0.29) is 6.04 Å². The molecular formula is C16H26BrN. The molecule has 0 radical (unpaired) electrons. The fourth-order valence-electron chi connectivity index (χ4n) is 2.25. The zero-order chi connectivity index (χ0) is 13.4. The van der Waals surface area contributed by atoms with Crippen LogP contribution in [0.15, 0.2) is 22.7 Å². The van der Waals surface area contributed by atoms with Crippen molar-refractivity contribution in [3.63, 3.8) is 0 Å². The van der Waals surface area contributed by atoms with Crippen LogP contribution in [0.1, 0.15) is 69.0 Å². The van der Waals surface area contributed by atoms with Crippen LogP contribution in [-0.2, 0) is 0 Å². The molecule has 0 bridgehead atoms. The first kappa shape index (κ1) is 15.7. The molecular weight excluding hydrogens is 286 g/mol. The lowest BCUT2D eigenvalue weighted by molar-refractivity contribution is 0.546. The average molecular weight is 312 g/mol. The zero-order valence-electron chi connectivity index (χ0n) is 11.7. The molecule has 2 heteroatoms. The lowest BCUT2D eigenvalue weighted by Crippen LogP contribution is -2.11. The molecule has 0 saturated heterocycles. The highest BCUT2D eigenvalue weighted by Crippen LogP contribution is 2.26. The summed E-state index contributed by atoms with van der Waals surface area (Å²) in [6.07, 6.45) is 9.07. The van der Waals surface area contributed by atoms with Crippen molar-refractivity contribution in [3.05, 3.63) is 33.8 Å². The van der Waals surface area contributed by atoms with Crippen LogP contribution >= 0.6 is 15.9 Å². The molecule has 0 saturated carbocycles. The highest BCUT2D eigenvalue weighted by atomic mass is 79.9. The number of nitrogens with two attached hydrogens (primary N) is 1. The van der Waals surface area contributed by atoms with Gasteiger partial charge in [-0.2, -0.15) is 0 Å². The Morgan fingerprint density at radius 2 is 1.78 bits per heavy atom. The van der Waals surface area contributed by atoms with Crippen LogP contribution in [0, 0.1) is 6.92 Å². The maximum Gasteiger partial charge on any atom is 0.0306 e. The van der Waals surface area contributed by atoms with E-state index < -0.39 is 0 Å². The average Bonchev–Trinajstić information content (AvgIpc) is 2.36. The molecule has 0 amide bonds. The Kier molecular flexibility index (Phi) is 7.60. The van der Waals surface area contributed by atoms with Gasteiger partial charge in [0.2, 0.25) is 0 Å². The van der Waals surface area contributed by atoms with Gasteiger partial charge in [-0.15, -0.1) is 0 Å². The second-order valence-electron chi connectivity index (χ2n) is 5.19. The second kappa shape index (κ2) is 8.71. The first-order valence-corrected chi connectivity index (χ1v) is 7.96. The third kappa shape index (κ3) is 5.53. The van der Waals surface area contributed by atoms with Crippen molar-refractivity contribution < 1.29 is 0 Å². The number of hydrogen-bond acceptors (Lipinski definition) is 1. The molecule has 0 aliphatic heterocycles. The van der Waals surface area contributed by atoms with Crippen LogP contribution in [-0.4, -0.2) is 0 Å². The summed E-state index contributed by atoms with van der Waals surface area (Å²) in [5.74, 6) is 0. The molecule has 1 nitrogen and oxygen atoms in total. The van der Waals surface area contributed by atoms with Crippen LogP contribution in [0.5, 0.6) is 0 Å². The molecule has 1 aromatic rings. The number of unbranched alkanes of at least 4 members (excludes halogenated alkanes) is 5. The van der Waals surface area contributed by atoms with Gasteiger partial charge in [-0.1, -0.05) is 79.1 Å². The summed E-state index contributed by atoms with van der Waals surface area (Å²) in [6.45, 7) is 4.37. The van der Waals surface area contributed by atoms with Crippen molar-refractivity contribution in [1.82, 2.24) is 0 Å². The summed E-state index contributed by atoms with van der Waals surface area (Å²) in [4.78, 5) is 0. The van der Waals surface area contributed by atoms with E-state index in [9.17, 15) is 0 Å². The van der Waals surface area contributed by atoms with Crippen molar-refractivity contribution in [2.24, 2.45) is 5.73 Å². The van der Waals surface area contributed by atoms with Gasteiger partial charge in [-0.25, -0.2) is 0 Å². The standard InChI is InChI=1S/C16H26BrN/c1-3-4-5-6-7-8-9-16(18)14-12-13(2)10-11-15(14)17/h10-12,16H,3-9,18H2,1-2H3. The van der Waals surface area contributed by atoms with Gasteiger partial charge in [0.15, 0.2) is 0 Å². The smallest absolute Gasteiger partial charge is 0.0306 e. The first-order valence-electron chi connectivity index (χ1n) is 7.16. The summed E-state index contributed by atoms with van der Waals surface area (Å²) < 4.78 is 1.14. The van der Waals surface area contributed by atoms with Crippen LogP contribution in [0.2, 0.25) is 0 Å². The quantitative estimate of drug-likeness (QED) is 0.629. The van der Waals surface area contributed by atoms with Gasteiger partial charge in [0.05, 0.1) is 0 Å². The lowest BCUT2D eigenvalue weighted by Gasteiger charge is -2.14. The van der Waals surface area contributed by atoms with E-state index in [2.05, 4.69) is 48.0 Å². The minimum Gasteiger partial charge on any atom is -0.324 e. The van der Waals surface area contributed by atoms with E-state index in [4.69, 9.17) is 5.73 Å². The molecule has 1 unspecified atom stereocenters. The number of hydrogen-bond donors (Lipinski definition) is 1. The molecule has 1 aromatic carbocycles. The topological polar surface area (TPSA) is 26.0 Å². The van der Waals surface area contributed by atoms with Crippen molar-refractivity contribution in [3.8, 4) is 0 Å². The van der Waals surface area contributed by atoms with Crippen LogP contribution in [0.25, 0.3) is 0 Å². The predicted molar refractivity (Wildman–Crippen MR) is 83.8 cm³/mol. The molecule has 2 N–H and O–H groups in total. The van der Waals surface area contributed by atoms with Crippen LogP contribution in [0.3, 0.4) is 0 Å². The van der Waals surface area contributed by atoms with E-state index in [0.717, 1.165) is 10.9 Å². The third-order valence-corrected chi connectivity index (χ3v) is 4.14. The van der Waals surface area contributed by atoms with Gasteiger partial charge in [-0.3, -0.25) is 0 Å². The van der Waals surface area contributed by atoms with Crippen LogP contribution in [0.4, 0.5) is 0 Å². The van der Waals surface area contributed by atoms with Crippen molar-refractivity contribution in [2.45, 2.75) is 64.8 Å². The van der Waals surface area contributed by atoms with Gasteiger partial charge in [0.25, 0.3) is 0 Å². The maximum atomic E-state index is 6.28. The number of halogens is 1. The lowest BCUT2D eigenvalue weighted by atomic mass is 9.99. The Hall–Kier alpha value is -0.340. The fourth-order valence-corrected chi connectivity index (χ4v) is 2.79. The maximum absolute atomic E-state index is 6.28. The molecule has 102 valence electrons. The third-order valence-electron chi connectivity index (χ3n) is 3.42. The normalized spacial score (nSPS) is 12.7. The van der Waals surface area contributed by atoms with Gasteiger partial charge >= 0.3 is 0 Å². The van der Waals surface area contributed by atoms with Crippen molar-refractivity contribution in [2.75, 3.05) is 0 Å². The Morgan fingerprint density at radius 3 is 2.50 bits per heavy atom. The molecule has 0 aromatic heterocycles. The fraction of sp³-hybridized carbons (Fsp3) is 0.625. The zero-order valence-corrected chi connectivity index (χ0v) is 13.3. The Balaban J connectivity index is 2.31.